The number of carbonyl (C=O) groups is 1. The third kappa shape index (κ3) is 2.50. The lowest BCUT2D eigenvalue weighted by Crippen LogP contribution is -2.53. The molecule has 0 heterocycles. The Kier molecular flexibility index (Phi) is 4.12. The van der Waals surface area contributed by atoms with Gasteiger partial charge in [-0.15, -0.1) is 0 Å². The fourth-order valence-electron chi connectivity index (χ4n) is 1.86. The molecule has 0 aliphatic heterocycles. The van der Waals surface area contributed by atoms with Crippen molar-refractivity contribution in [2.24, 2.45) is 0 Å². The van der Waals surface area contributed by atoms with E-state index in [1.807, 2.05) is 0 Å². The molecule has 88 valence electrons. The van der Waals surface area contributed by atoms with Gasteiger partial charge in [-0.3, -0.25) is 0 Å². The Labute approximate surface area is 97.1 Å². The van der Waals surface area contributed by atoms with Gasteiger partial charge in [0.25, 0.3) is 4.58 Å². The van der Waals surface area contributed by atoms with Crippen molar-refractivity contribution >= 4 is 21.9 Å². The zero-order valence-corrected chi connectivity index (χ0v) is 10.3. The largest absolute Gasteiger partial charge is 0.463 e. The number of ether oxygens (including phenoxy) is 1. The van der Waals surface area contributed by atoms with E-state index in [9.17, 15) is 14.3 Å². The van der Waals surface area contributed by atoms with Crippen LogP contribution in [0.25, 0.3) is 0 Å². The highest BCUT2D eigenvalue weighted by Crippen LogP contribution is 2.44. The molecule has 0 aromatic carbocycles. The van der Waals surface area contributed by atoms with E-state index in [4.69, 9.17) is 0 Å². The molecule has 1 aliphatic carbocycles. The Balaban J connectivity index is 2.77. The highest BCUT2D eigenvalue weighted by atomic mass is 79.9. The average Bonchev–Trinajstić information content (AvgIpc) is 2.19. The standard InChI is InChI=1S/C10H16BrFO3/c1-2-15-8(13)10(11,12)9(14)6-4-3-5-7-9/h14H,2-7H2,1H3. The number of aliphatic hydroxyl groups is 1. The number of halogens is 2. The van der Waals surface area contributed by atoms with Crippen molar-refractivity contribution in [3.05, 3.63) is 0 Å². The normalized spacial score (nSPS) is 24.3. The summed E-state index contributed by atoms with van der Waals surface area (Å²) in [4.78, 5) is 11.4. The van der Waals surface area contributed by atoms with Gasteiger partial charge >= 0.3 is 5.97 Å². The molecule has 1 aliphatic rings. The van der Waals surface area contributed by atoms with E-state index in [1.54, 1.807) is 6.92 Å². The number of alkyl halides is 2. The molecule has 0 aromatic rings. The fraction of sp³-hybridized carbons (Fsp3) is 0.900. The van der Waals surface area contributed by atoms with Crippen molar-refractivity contribution in [3.63, 3.8) is 0 Å². The molecule has 1 unspecified atom stereocenters. The molecule has 1 atom stereocenters. The Hall–Kier alpha value is -0.160. The van der Waals surface area contributed by atoms with Gasteiger partial charge in [-0.2, -0.15) is 0 Å². The summed E-state index contributed by atoms with van der Waals surface area (Å²) >= 11 is 2.67. The van der Waals surface area contributed by atoms with Crippen molar-refractivity contribution in [1.29, 1.82) is 0 Å². The molecule has 0 saturated heterocycles. The summed E-state index contributed by atoms with van der Waals surface area (Å²) in [5.74, 6) is -1.03. The predicted octanol–water partition coefficient (Wildman–Crippen LogP) is 2.31. The van der Waals surface area contributed by atoms with Gasteiger partial charge in [0.05, 0.1) is 6.61 Å². The van der Waals surface area contributed by atoms with Crippen LogP contribution in [-0.2, 0) is 9.53 Å². The summed E-state index contributed by atoms with van der Waals surface area (Å²) in [7, 11) is 0. The van der Waals surface area contributed by atoms with Crippen LogP contribution in [0.3, 0.4) is 0 Å². The van der Waals surface area contributed by atoms with Gasteiger partial charge in [-0.25, -0.2) is 9.18 Å². The Morgan fingerprint density at radius 1 is 1.53 bits per heavy atom. The third-order valence-electron chi connectivity index (χ3n) is 2.80. The molecule has 0 aromatic heterocycles. The lowest BCUT2D eigenvalue weighted by Gasteiger charge is -2.38. The number of rotatable bonds is 3. The summed E-state index contributed by atoms with van der Waals surface area (Å²) in [5, 5.41) is 10.1. The number of esters is 1. The number of carbonyl (C=O) groups excluding carboxylic acids is 1. The molecule has 1 N–H and O–H groups in total. The molecule has 15 heavy (non-hydrogen) atoms. The van der Waals surface area contributed by atoms with Crippen LogP contribution in [0, 0.1) is 0 Å². The van der Waals surface area contributed by atoms with Crippen LogP contribution in [-0.4, -0.2) is 27.9 Å². The van der Waals surface area contributed by atoms with E-state index in [2.05, 4.69) is 20.7 Å². The fourth-order valence-corrected chi connectivity index (χ4v) is 2.37. The summed E-state index contributed by atoms with van der Waals surface area (Å²) < 4.78 is 16.3. The average molecular weight is 283 g/mol. The van der Waals surface area contributed by atoms with Crippen LogP contribution in [0.15, 0.2) is 0 Å². The first kappa shape index (κ1) is 12.9. The molecule has 1 fully saturated rings. The first-order chi connectivity index (χ1) is 6.94. The van der Waals surface area contributed by atoms with Crippen LogP contribution in [0.1, 0.15) is 39.0 Å². The molecular formula is C10H16BrFO3. The SMILES string of the molecule is CCOC(=O)C(F)(Br)C1(O)CCCCC1. The monoisotopic (exact) mass is 282 g/mol. The maximum Gasteiger partial charge on any atom is 0.358 e. The molecule has 0 bridgehead atoms. The van der Waals surface area contributed by atoms with E-state index in [-0.39, 0.29) is 19.4 Å². The van der Waals surface area contributed by atoms with Gasteiger partial charge < -0.3 is 9.84 Å². The van der Waals surface area contributed by atoms with Gasteiger partial charge in [0.2, 0.25) is 0 Å². The first-order valence-electron chi connectivity index (χ1n) is 5.21. The molecule has 5 heteroatoms. The van der Waals surface area contributed by atoms with Crippen LogP contribution in [0.4, 0.5) is 4.39 Å². The maximum atomic E-state index is 14.1. The smallest absolute Gasteiger partial charge is 0.358 e. The molecule has 0 amide bonds. The summed E-state index contributed by atoms with van der Waals surface area (Å²) in [6, 6.07) is 0. The van der Waals surface area contributed by atoms with Crippen LogP contribution >= 0.6 is 15.9 Å². The Morgan fingerprint density at radius 3 is 2.53 bits per heavy atom. The van der Waals surface area contributed by atoms with Gasteiger partial charge in [-0.1, -0.05) is 19.3 Å². The van der Waals surface area contributed by atoms with Gasteiger partial charge in [0, 0.05) is 0 Å². The van der Waals surface area contributed by atoms with Crippen molar-refractivity contribution in [2.45, 2.75) is 49.2 Å². The minimum atomic E-state index is -2.48. The van der Waals surface area contributed by atoms with E-state index < -0.39 is 16.1 Å². The second kappa shape index (κ2) is 4.78. The zero-order chi connectivity index (χ0) is 11.5. The maximum absolute atomic E-state index is 14.1. The van der Waals surface area contributed by atoms with Gasteiger partial charge in [0.1, 0.15) is 5.60 Å². The topological polar surface area (TPSA) is 46.5 Å². The van der Waals surface area contributed by atoms with E-state index in [1.165, 1.54) is 0 Å². The molecule has 0 radical (unpaired) electrons. The van der Waals surface area contributed by atoms with Crippen molar-refractivity contribution in [1.82, 2.24) is 0 Å². The second-order valence-corrected chi connectivity index (χ2v) is 4.98. The lowest BCUT2D eigenvalue weighted by molar-refractivity contribution is -0.167. The number of hydrogen-bond acceptors (Lipinski definition) is 3. The van der Waals surface area contributed by atoms with E-state index >= 15 is 0 Å². The molecular weight excluding hydrogens is 267 g/mol. The van der Waals surface area contributed by atoms with Gasteiger partial charge in [0.15, 0.2) is 0 Å². The lowest BCUT2D eigenvalue weighted by atomic mass is 9.81. The zero-order valence-electron chi connectivity index (χ0n) is 8.76. The van der Waals surface area contributed by atoms with Crippen molar-refractivity contribution < 1.29 is 19.0 Å². The summed E-state index contributed by atoms with van der Waals surface area (Å²) in [6.45, 7) is 1.71. The minimum absolute atomic E-state index is 0.103. The van der Waals surface area contributed by atoms with Crippen molar-refractivity contribution in [3.8, 4) is 0 Å². The predicted molar refractivity (Wildman–Crippen MR) is 57.4 cm³/mol. The molecule has 3 nitrogen and oxygen atoms in total. The van der Waals surface area contributed by atoms with Crippen LogP contribution < -0.4 is 0 Å². The summed E-state index contributed by atoms with van der Waals surface area (Å²) in [6.07, 6.45) is 3.00. The third-order valence-corrected chi connectivity index (χ3v) is 3.86. The van der Waals surface area contributed by atoms with Gasteiger partial charge in [-0.05, 0) is 35.7 Å². The summed E-state index contributed by atoms with van der Waals surface area (Å²) in [5.41, 5.74) is -1.63. The quantitative estimate of drug-likeness (QED) is 0.638. The molecule has 1 saturated carbocycles. The second-order valence-electron chi connectivity index (χ2n) is 3.89. The Bertz CT molecular complexity index is 237. The number of hydrogen-bond donors (Lipinski definition) is 1. The first-order valence-corrected chi connectivity index (χ1v) is 6.01. The van der Waals surface area contributed by atoms with E-state index in [0.29, 0.717) is 0 Å². The minimum Gasteiger partial charge on any atom is -0.463 e. The molecule has 1 rings (SSSR count). The highest BCUT2D eigenvalue weighted by molar-refractivity contribution is 9.10. The Morgan fingerprint density at radius 2 is 2.07 bits per heavy atom. The highest BCUT2D eigenvalue weighted by Gasteiger charge is 2.56. The van der Waals surface area contributed by atoms with Crippen molar-refractivity contribution in [2.75, 3.05) is 6.61 Å². The van der Waals surface area contributed by atoms with Crippen LogP contribution in [0.2, 0.25) is 0 Å². The van der Waals surface area contributed by atoms with E-state index in [0.717, 1.165) is 19.3 Å². The molecule has 0 spiro atoms. The van der Waals surface area contributed by atoms with Crippen LogP contribution in [0.5, 0.6) is 0 Å².